The predicted molar refractivity (Wildman–Crippen MR) is 59.4 cm³/mol. The highest BCUT2D eigenvalue weighted by Crippen LogP contribution is 2.36. The molecule has 0 aromatic heterocycles. The molecule has 16 heavy (non-hydrogen) atoms. The van der Waals surface area contributed by atoms with E-state index in [1.165, 1.54) is 12.1 Å². The van der Waals surface area contributed by atoms with Crippen LogP contribution in [0.2, 0.25) is 0 Å². The molecule has 0 radical (unpaired) electrons. The number of carbonyl (C=O) groups excluding carboxylic acids is 1. The van der Waals surface area contributed by atoms with Gasteiger partial charge in [-0.3, -0.25) is 4.79 Å². The van der Waals surface area contributed by atoms with Crippen LogP contribution in [0.5, 0.6) is 11.5 Å². The van der Waals surface area contributed by atoms with Crippen molar-refractivity contribution in [2.75, 3.05) is 6.54 Å². The number of phenolic OH excluding ortho intramolecular Hbond substituents is 2. The molecule has 0 bridgehead atoms. The highest BCUT2D eigenvalue weighted by Gasteiger charge is 2.32. The minimum absolute atomic E-state index is 0.0511. The van der Waals surface area contributed by atoms with E-state index < -0.39 is 0 Å². The summed E-state index contributed by atoms with van der Waals surface area (Å²) in [6.45, 7) is 2.80. The minimum Gasteiger partial charge on any atom is -0.508 e. The molecule has 1 aliphatic rings. The Kier molecular flexibility index (Phi) is 2.73. The average molecular weight is 221 g/mol. The Balaban J connectivity index is 1.97. The van der Waals surface area contributed by atoms with Crippen LogP contribution in [-0.2, 0) is 0 Å². The molecule has 0 spiro atoms. The van der Waals surface area contributed by atoms with Gasteiger partial charge in [0, 0.05) is 12.6 Å². The van der Waals surface area contributed by atoms with E-state index in [-0.39, 0.29) is 23.0 Å². The number of hydrogen-bond acceptors (Lipinski definition) is 3. The second kappa shape index (κ2) is 4.04. The Bertz CT molecular complexity index is 417. The molecule has 4 heteroatoms. The normalized spacial score (nSPS) is 22.8. The first kappa shape index (κ1) is 10.8. The second-order valence-corrected chi connectivity index (χ2v) is 4.38. The maximum atomic E-state index is 11.7. The van der Waals surface area contributed by atoms with Crippen LogP contribution in [0, 0.1) is 11.8 Å². The highest BCUT2D eigenvalue weighted by molar-refractivity contribution is 5.96. The van der Waals surface area contributed by atoms with Gasteiger partial charge in [0.1, 0.15) is 11.5 Å². The molecule has 86 valence electrons. The summed E-state index contributed by atoms with van der Waals surface area (Å²) in [6.07, 6.45) is 1.15. The largest absolute Gasteiger partial charge is 0.508 e. The summed E-state index contributed by atoms with van der Waals surface area (Å²) in [5.41, 5.74) is 0.200. The number of amides is 1. The van der Waals surface area contributed by atoms with E-state index in [0.717, 1.165) is 12.5 Å². The molecule has 0 heterocycles. The van der Waals surface area contributed by atoms with Crippen LogP contribution in [-0.4, -0.2) is 22.7 Å². The molecule has 1 saturated carbocycles. The van der Waals surface area contributed by atoms with Crippen molar-refractivity contribution in [3.05, 3.63) is 23.8 Å². The smallest absolute Gasteiger partial charge is 0.255 e. The fraction of sp³-hybridized carbons (Fsp3) is 0.417. The van der Waals surface area contributed by atoms with Gasteiger partial charge in [-0.25, -0.2) is 0 Å². The van der Waals surface area contributed by atoms with Gasteiger partial charge in [0.05, 0.1) is 5.56 Å². The average Bonchev–Trinajstić information content (AvgIpc) is 2.91. The van der Waals surface area contributed by atoms with Crippen molar-refractivity contribution >= 4 is 5.91 Å². The molecule has 1 fully saturated rings. The first-order chi connectivity index (χ1) is 7.58. The Morgan fingerprint density at radius 2 is 2.19 bits per heavy atom. The predicted octanol–water partition coefficient (Wildman–Crippen LogP) is 1.48. The van der Waals surface area contributed by atoms with Gasteiger partial charge in [0.2, 0.25) is 0 Å². The Morgan fingerprint density at radius 1 is 1.50 bits per heavy atom. The summed E-state index contributed by atoms with van der Waals surface area (Å²) in [5.74, 6) is 0.722. The summed E-state index contributed by atoms with van der Waals surface area (Å²) in [6, 6.07) is 3.96. The third-order valence-electron chi connectivity index (χ3n) is 3.03. The van der Waals surface area contributed by atoms with Crippen LogP contribution in [0.25, 0.3) is 0 Å². The zero-order valence-electron chi connectivity index (χ0n) is 9.10. The van der Waals surface area contributed by atoms with Gasteiger partial charge in [0.25, 0.3) is 5.91 Å². The van der Waals surface area contributed by atoms with E-state index in [2.05, 4.69) is 12.2 Å². The Labute approximate surface area is 93.9 Å². The molecule has 2 unspecified atom stereocenters. The first-order valence-electron chi connectivity index (χ1n) is 5.38. The molecule has 2 rings (SSSR count). The lowest BCUT2D eigenvalue weighted by atomic mass is 10.1. The maximum absolute atomic E-state index is 11.7. The lowest BCUT2D eigenvalue weighted by Gasteiger charge is -2.06. The number of nitrogens with one attached hydrogen (secondary N) is 1. The molecule has 1 amide bonds. The van der Waals surface area contributed by atoms with E-state index in [1.54, 1.807) is 0 Å². The number of hydrogen-bond donors (Lipinski definition) is 3. The van der Waals surface area contributed by atoms with E-state index >= 15 is 0 Å². The summed E-state index contributed by atoms with van der Waals surface area (Å²) in [7, 11) is 0. The first-order valence-corrected chi connectivity index (χ1v) is 5.38. The van der Waals surface area contributed by atoms with Gasteiger partial charge < -0.3 is 15.5 Å². The van der Waals surface area contributed by atoms with Crippen LogP contribution < -0.4 is 5.32 Å². The van der Waals surface area contributed by atoms with Crippen molar-refractivity contribution in [2.24, 2.45) is 11.8 Å². The van der Waals surface area contributed by atoms with Gasteiger partial charge in [-0.2, -0.15) is 0 Å². The van der Waals surface area contributed by atoms with Gasteiger partial charge in [0.15, 0.2) is 0 Å². The Morgan fingerprint density at radius 3 is 2.75 bits per heavy atom. The number of carbonyl (C=O) groups is 1. The molecule has 1 aliphatic carbocycles. The van der Waals surface area contributed by atoms with Crippen LogP contribution in [0.3, 0.4) is 0 Å². The van der Waals surface area contributed by atoms with E-state index in [9.17, 15) is 9.90 Å². The molecule has 0 saturated heterocycles. The van der Waals surface area contributed by atoms with Crippen molar-refractivity contribution in [3.8, 4) is 11.5 Å². The molecular formula is C12H15NO3. The molecule has 3 N–H and O–H groups in total. The van der Waals surface area contributed by atoms with Gasteiger partial charge >= 0.3 is 0 Å². The van der Waals surface area contributed by atoms with E-state index in [1.807, 2.05) is 0 Å². The van der Waals surface area contributed by atoms with Gasteiger partial charge in [-0.15, -0.1) is 0 Å². The fourth-order valence-corrected chi connectivity index (χ4v) is 1.71. The lowest BCUT2D eigenvalue weighted by Crippen LogP contribution is -2.25. The lowest BCUT2D eigenvalue weighted by molar-refractivity contribution is 0.0948. The monoisotopic (exact) mass is 221 g/mol. The van der Waals surface area contributed by atoms with E-state index in [0.29, 0.717) is 18.4 Å². The highest BCUT2D eigenvalue weighted by atomic mass is 16.3. The van der Waals surface area contributed by atoms with Crippen molar-refractivity contribution in [3.63, 3.8) is 0 Å². The zero-order chi connectivity index (χ0) is 11.7. The fourth-order valence-electron chi connectivity index (χ4n) is 1.71. The Hall–Kier alpha value is -1.71. The van der Waals surface area contributed by atoms with E-state index in [4.69, 9.17) is 5.11 Å². The quantitative estimate of drug-likeness (QED) is 0.724. The molecular weight excluding hydrogens is 206 g/mol. The van der Waals surface area contributed by atoms with Crippen LogP contribution in [0.1, 0.15) is 23.7 Å². The summed E-state index contributed by atoms with van der Waals surface area (Å²) in [5, 5.41) is 21.3. The van der Waals surface area contributed by atoms with Crippen LogP contribution >= 0.6 is 0 Å². The second-order valence-electron chi connectivity index (χ2n) is 4.38. The molecule has 1 aromatic carbocycles. The van der Waals surface area contributed by atoms with Gasteiger partial charge in [-0.05, 0) is 30.4 Å². The number of rotatable bonds is 3. The van der Waals surface area contributed by atoms with Crippen molar-refractivity contribution in [1.29, 1.82) is 0 Å². The number of phenols is 2. The standard InChI is InChI=1S/C12H15NO3/c1-7-4-8(7)6-13-12(16)10-3-2-9(14)5-11(10)15/h2-3,5,7-8,14-15H,4,6H2,1H3,(H,13,16). The minimum atomic E-state index is -0.295. The van der Waals surface area contributed by atoms with Crippen LogP contribution in [0.4, 0.5) is 0 Å². The van der Waals surface area contributed by atoms with Crippen molar-refractivity contribution in [2.45, 2.75) is 13.3 Å². The maximum Gasteiger partial charge on any atom is 0.255 e. The SMILES string of the molecule is CC1CC1CNC(=O)c1ccc(O)cc1O. The molecule has 1 aromatic rings. The van der Waals surface area contributed by atoms with Crippen LogP contribution in [0.15, 0.2) is 18.2 Å². The van der Waals surface area contributed by atoms with Crippen molar-refractivity contribution in [1.82, 2.24) is 5.32 Å². The molecule has 0 aliphatic heterocycles. The number of aromatic hydroxyl groups is 2. The van der Waals surface area contributed by atoms with Gasteiger partial charge in [-0.1, -0.05) is 6.92 Å². The summed E-state index contributed by atoms with van der Waals surface area (Å²) in [4.78, 5) is 11.7. The third kappa shape index (κ3) is 2.27. The molecule has 4 nitrogen and oxygen atoms in total. The molecule has 2 atom stereocenters. The topological polar surface area (TPSA) is 69.6 Å². The van der Waals surface area contributed by atoms with Crippen molar-refractivity contribution < 1.29 is 15.0 Å². The third-order valence-corrected chi connectivity index (χ3v) is 3.03. The summed E-state index contributed by atoms with van der Waals surface area (Å²) >= 11 is 0. The summed E-state index contributed by atoms with van der Waals surface area (Å²) < 4.78 is 0. The number of benzene rings is 1. The zero-order valence-corrected chi connectivity index (χ0v) is 9.10.